The summed E-state index contributed by atoms with van der Waals surface area (Å²) in [7, 11) is 0. The first kappa shape index (κ1) is 18.8. The monoisotopic (exact) mass is 349 g/mol. The van der Waals surface area contributed by atoms with Crippen LogP contribution in [0.3, 0.4) is 0 Å². The van der Waals surface area contributed by atoms with Gasteiger partial charge in [-0.3, -0.25) is 9.59 Å². The van der Waals surface area contributed by atoms with Crippen molar-refractivity contribution in [1.82, 2.24) is 16.0 Å². The molecule has 2 rings (SSSR count). The van der Waals surface area contributed by atoms with Gasteiger partial charge in [0, 0.05) is 17.5 Å². The summed E-state index contributed by atoms with van der Waals surface area (Å²) in [5, 5.41) is 9.20. The van der Waals surface area contributed by atoms with Crippen molar-refractivity contribution in [3.63, 3.8) is 0 Å². The molecule has 0 spiro atoms. The molecule has 1 aliphatic rings. The highest BCUT2D eigenvalue weighted by atomic mass is 32.2. The van der Waals surface area contributed by atoms with Crippen LogP contribution in [0, 0.1) is 5.92 Å². The minimum Gasteiger partial charge on any atom is -0.353 e. The Hall–Kier alpha value is -1.53. The Bertz CT molecular complexity index is 557. The molecule has 0 saturated carbocycles. The summed E-state index contributed by atoms with van der Waals surface area (Å²) < 4.78 is 0. The third kappa shape index (κ3) is 6.17. The number of rotatable bonds is 8. The minimum atomic E-state index is -0.0617. The Morgan fingerprint density at radius 1 is 1.33 bits per heavy atom. The lowest BCUT2D eigenvalue weighted by Gasteiger charge is -2.12. The minimum absolute atomic E-state index is 0.0149. The Labute approximate surface area is 148 Å². The molecule has 1 fully saturated rings. The van der Waals surface area contributed by atoms with Crippen LogP contribution in [0.5, 0.6) is 0 Å². The third-order valence-electron chi connectivity index (χ3n) is 3.94. The average Bonchev–Trinajstić information content (AvgIpc) is 3.06. The largest absolute Gasteiger partial charge is 0.353 e. The number of carbonyl (C=O) groups is 2. The van der Waals surface area contributed by atoms with Gasteiger partial charge in [-0.1, -0.05) is 12.1 Å². The van der Waals surface area contributed by atoms with Crippen molar-refractivity contribution in [2.75, 3.05) is 25.4 Å². The quantitative estimate of drug-likeness (QED) is 0.628. The maximum absolute atomic E-state index is 12.4. The fraction of sp³-hybridized carbons (Fsp3) is 0.556. The van der Waals surface area contributed by atoms with Crippen molar-refractivity contribution >= 4 is 23.6 Å². The van der Waals surface area contributed by atoms with E-state index in [1.54, 1.807) is 0 Å². The van der Waals surface area contributed by atoms with E-state index in [4.69, 9.17) is 0 Å². The smallest absolute Gasteiger partial charge is 0.252 e. The standard InChI is InChI=1S/C18H27N3O2S/c1-13(2)21-17(22)12-24-16-6-4-3-5-15(16)18(23)20-10-8-14-7-9-19-11-14/h3-6,13-14,19H,7-12H2,1-2H3,(H,20,23)(H,21,22). The van der Waals surface area contributed by atoms with Crippen molar-refractivity contribution in [2.45, 2.75) is 37.6 Å². The van der Waals surface area contributed by atoms with E-state index in [9.17, 15) is 9.59 Å². The molecule has 0 aromatic heterocycles. The van der Waals surface area contributed by atoms with Crippen molar-refractivity contribution in [2.24, 2.45) is 5.92 Å². The number of hydrogen-bond acceptors (Lipinski definition) is 4. The predicted molar refractivity (Wildman–Crippen MR) is 98.4 cm³/mol. The molecule has 1 heterocycles. The summed E-state index contributed by atoms with van der Waals surface area (Å²) in [5.74, 6) is 0.901. The van der Waals surface area contributed by atoms with Crippen LogP contribution < -0.4 is 16.0 Å². The first-order valence-electron chi connectivity index (χ1n) is 8.56. The predicted octanol–water partition coefficient (Wildman–Crippen LogP) is 2.03. The fourth-order valence-electron chi connectivity index (χ4n) is 2.73. The van der Waals surface area contributed by atoms with E-state index >= 15 is 0 Å². The van der Waals surface area contributed by atoms with Gasteiger partial charge in [0.15, 0.2) is 0 Å². The molecule has 0 aliphatic carbocycles. The molecule has 1 aromatic rings. The molecule has 1 atom stereocenters. The molecule has 5 nitrogen and oxygen atoms in total. The lowest BCUT2D eigenvalue weighted by Crippen LogP contribution is -2.31. The van der Waals surface area contributed by atoms with E-state index in [-0.39, 0.29) is 17.9 Å². The summed E-state index contributed by atoms with van der Waals surface area (Å²) in [6.07, 6.45) is 2.19. The van der Waals surface area contributed by atoms with Gasteiger partial charge in [-0.25, -0.2) is 0 Å². The lowest BCUT2D eigenvalue weighted by atomic mass is 10.1. The summed E-state index contributed by atoms with van der Waals surface area (Å²) in [5.41, 5.74) is 0.643. The van der Waals surface area contributed by atoms with E-state index in [1.807, 2.05) is 38.1 Å². The molecule has 0 bridgehead atoms. The maximum atomic E-state index is 12.4. The zero-order valence-electron chi connectivity index (χ0n) is 14.4. The SMILES string of the molecule is CC(C)NC(=O)CSc1ccccc1C(=O)NCCC1CCNC1. The van der Waals surface area contributed by atoms with Gasteiger partial charge >= 0.3 is 0 Å². The van der Waals surface area contributed by atoms with Crippen molar-refractivity contribution in [3.05, 3.63) is 29.8 Å². The highest BCUT2D eigenvalue weighted by Crippen LogP contribution is 2.22. The average molecular weight is 350 g/mol. The normalized spacial score (nSPS) is 17.0. The van der Waals surface area contributed by atoms with Crippen molar-refractivity contribution in [1.29, 1.82) is 0 Å². The molecule has 1 aromatic carbocycles. The molecule has 1 saturated heterocycles. The highest BCUT2D eigenvalue weighted by Gasteiger charge is 2.16. The first-order valence-corrected chi connectivity index (χ1v) is 9.55. The zero-order valence-corrected chi connectivity index (χ0v) is 15.2. The summed E-state index contributed by atoms with van der Waals surface area (Å²) >= 11 is 1.40. The van der Waals surface area contributed by atoms with Gasteiger partial charge < -0.3 is 16.0 Å². The van der Waals surface area contributed by atoms with E-state index in [0.29, 0.717) is 23.8 Å². The van der Waals surface area contributed by atoms with Crippen LogP contribution in [0.2, 0.25) is 0 Å². The number of nitrogens with one attached hydrogen (secondary N) is 3. The van der Waals surface area contributed by atoms with Crippen LogP contribution in [-0.4, -0.2) is 43.2 Å². The molecule has 2 amide bonds. The topological polar surface area (TPSA) is 70.2 Å². The van der Waals surface area contributed by atoms with Crippen LogP contribution in [-0.2, 0) is 4.79 Å². The van der Waals surface area contributed by atoms with Gasteiger partial charge in [0.05, 0.1) is 11.3 Å². The fourth-order valence-corrected chi connectivity index (χ4v) is 3.59. The molecule has 3 N–H and O–H groups in total. The first-order chi connectivity index (χ1) is 11.6. The summed E-state index contributed by atoms with van der Waals surface area (Å²) in [6, 6.07) is 7.58. The second-order valence-electron chi connectivity index (χ2n) is 6.41. The summed E-state index contributed by atoms with van der Waals surface area (Å²) in [4.78, 5) is 25.1. The van der Waals surface area contributed by atoms with Crippen LogP contribution in [0.15, 0.2) is 29.2 Å². The molecule has 1 unspecified atom stereocenters. The molecule has 1 aliphatic heterocycles. The third-order valence-corrected chi connectivity index (χ3v) is 5.01. The summed E-state index contributed by atoms with van der Waals surface area (Å²) in [6.45, 7) is 6.69. The van der Waals surface area contributed by atoms with Gasteiger partial charge in [0.25, 0.3) is 5.91 Å². The van der Waals surface area contributed by atoms with Crippen molar-refractivity contribution < 1.29 is 9.59 Å². The van der Waals surface area contributed by atoms with Crippen LogP contribution in [0.25, 0.3) is 0 Å². The second kappa shape index (κ2) is 9.69. The lowest BCUT2D eigenvalue weighted by molar-refractivity contribution is -0.119. The zero-order chi connectivity index (χ0) is 17.4. The van der Waals surface area contributed by atoms with Gasteiger partial charge in [-0.15, -0.1) is 11.8 Å². The van der Waals surface area contributed by atoms with Crippen LogP contribution >= 0.6 is 11.8 Å². The van der Waals surface area contributed by atoms with E-state index in [1.165, 1.54) is 18.2 Å². The van der Waals surface area contributed by atoms with Crippen LogP contribution in [0.1, 0.15) is 37.0 Å². The molecule has 0 radical (unpaired) electrons. The van der Waals surface area contributed by atoms with E-state index in [0.717, 1.165) is 24.4 Å². The van der Waals surface area contributed by atoms with E-state index < -0.39 is 0 Å². The molecule has 132 valence electrons. The van der Waals surface area contributed by atoms with Gasteiger partial charge in [0.1, 0.15) is 0 Å². The highest BCUT2D eigenvalue weighted by molar-refractivity contribution is 8.00. The van der Waals surface area contributed by atoms with E-state index in [2.05, 4.69) is 16.0 Å². The number of amides is 2. The number of carbonyl (C=O) groups excluding carboxylic acids is 2. The molecule has 6 heteroatoms. The molecule has 24 heavy (non-hydrogen) atoms. The molecular weight excluding hydrogens is 322 g/mol. The number of hydrogen-bond donors (Lipinski definition) is 3. The van der Waals surface area contributed by atoms with Crippen molar-refractivity contribution in [3.8, 4) is 0 Å². The van der Waals surface area contributed by atoms with Crippen LogP contribution in [0.4, 0.5) is 0 Å². The van der Waals surface area contributed by atoms with Gasteiger partial charge in [-0.2, -0.15) is 0 Å². The van der Waals surface area contributed by atoms with Gasteiger partial charge in [-0.05, 0) is 57.8 Å². The second-order valence-corrected chi connectivity index (χ2v) is 7.43. The Morgan fingerprint density at radius 3 is 2.83 bits per heavy atom. The number of benzene rings is 1. The molecular formula is C18H27N3O2S. The number of thioether (sulfide) groups is 1. The Kier molecular flexibility index (Phi) is 7.59. The Morgan fingerprint density at radius 2 is 2.12 bits per heavy atom. The Balaban J connectivity index is 1.84. The van der Waals surface area contributed by atoms with Gasteiger partial charge in [0.2, 0.25) is 5.91 Å². The maximum Gasteiger partial charge on any atom is 0.252 e.